The van der Waals surface area contributed by atoms with E-state index >= 15 is 0 Å². The average molecular weight is 277 g/mol. The van der Waals surface area contributed by atoms with Gasteiger partial charge in [-0.05, 0) is 44.0 Å². The Morgan fingerprint density at radius 3 is 2.45 bits per heavy atom. The summed E-state index contributed by atoms with van der Waals surface area (Å²) in [5, 5.41) is 8.90. The summed E-state index contributed by atoms with van der Waals surface area (Å²) in [6.45, 7) is 2.84. The number of aromatic carboxylic acids is 1. The van der Waals surface area contributed by atoms with Gasteiger partial charge in [0.05, 0.1) is 18.6 Å². The lowest BCUT2D eigenvalue weighted by Crippen LogP contribution is -2.43. The molecule has 0 spiro atoms. The fourth-order valence-corrected chi connectivity index (χ4v) is 2.73. The van der Waals surface area contributed by atoms with Crippen molar-refractivity contribution >= 4 is 17.6 Å². The quantitative estimate of drug-likeness (QED) is 0.858. The van der Waals surface area contributed by atoms with Crippen molar-refractivity contribution in [1.82, 2.24) is 0 Å². The fraction of sp³-hybridized carbons (Fsp3) is 0.467. The Kier molecular flexibility index (Phi) is 4.27. The number of rotatable bonds is 3. The third-order valence-corrected chi connectivity index (χ3v) is 3.86. The molecule has 0 amide bonds. The van der Waals surface area contributed by atoms with E-state index in [1.54, 1.807) is 12.1 Å². The molecule has 1 heterocycles. The van der Waals surface area contributed by atoms with Crippen molar-refractivity contribution in [2.45, 2.75) is 25.8 Å². The molecular weight excluding hydrogens is 258 g/mol. The SMILES string of the molecule is COC(=O)[C@@H]1CCN(c2ccc(C(=O)O)cc2)[C@H](C)C1. The van der Waals surface area contributed by atoms with Gasteiger partial charge in [0.2, 0.25) is 0 Å². The van der Waals surface area contributed by atoms with Gasteiger partial charge in [0.15, 0.2) is 0 Å². The minimum Gasteiger partial charge on any atom is -0.478 e. The van der Waals surface area contributed by atoms with Gasteiger partial charge in [-0.2, -0.15) is 0 Å². The van der Waals surface area contributed by atoms with Gasteiger partial charge in [-0.15, -0.1) is 0 Å². The molecule has 0 bridgehead atoms. The Morgan fingerprint density at radius 2 is 1.95 bits per heavy atom. The zero-order valence-corrected chi connectivity index (χ0v) is 11.7. The first kappa shape index (κ1) is 14.4. The van der Waals surface area contributed by atoms with Crippen LogP contribution in [-0.2, 0) is 9.53 Å². The second-order valence-corrected chi connectivity index (χ2v) is 5.14. The molecule has 2 rings (SSSR count). The number of piperidine rings is 1. The Bertz CT molecular complexity index is 497. The highest BCUT2D eigenvalue weighted by Gasteiger charge is 2.30. The first-order valence-corrected chi connectivity index (χ1v) is 6.70. The van der Waals surface area contributed by atoms with Crippen molar-refractivity contribution in [3.05, 3.63) is 29.8 Å². The van der Waals surface area contributed by atoms with E-state index < -0.39 is 5.97 Å². The number of carboxylic acid groups (broad SMARTS) is 1. The van der Waals surface area contributed by atoms with Gasteiger partial charge in [-0.25, -0.2) is 4.79 Å². The van der Waals surface area contributed by atoms with Gasteiger partial charge in [0.1, 0.15) is 0 Å². The van der Waals surface area contributed by atoms with E-state index in [1.807, 2.05) is 12.1 Å². The second-order valence-electron chi connectivity index (χ2n) is 5.14. The Labute approximate surface area is 118 Å². The summed E-state index contributed by atoms with van der Waals surface area (Å²) in [5.74, 6) is -1.10. The second kappa shape index (κ2) is 5.94. The number of esters is 1. The van der Waals surface area contributed by atoms with Crippen molar-refractivity contribution in [2.24, 2.45) is 5.92 Å². The average Bonchev–Trinajstić information content (AvgIpc) is 2.46. The molecule has 20 heavy (non-hydrogen) atoms. The van der Waals surface area contributed by atoms with Crippen LogP contribution < -0.4 is 4.90 Å². The molecule has 2 atom stereocenters. The number of benzene rings is 1. The number of carbonyl (C=O) groups is 2. The molecule has 0 saturated carbocycles. The highest BCUT2D eigenvalue weighted by molar-refractivity contribution is 5.88. The maximum atomic E-state index is 11.6. The first-order valence-electron chi connectivity index (χ1n) is 6.70. The van der Waals surface area contributed by atoms with Crippen molar-refractivity contribution in [2.75, 3.05) is 18.6 Å². The number of ether oxygens (including phenoxy) is 1. The molecule has 0 aliphatic carbocycles. The highest BCUT2D eigenvalue weighted by Crippen LogP contribution is 2.28. The summed E-state index contributed by atoms with van der Waals surface area (Å²) in [6.07, 6.45) is 1.52. The van der Waals surface area contributed by atoms with Gasteiger partial charge in [0.25, 0.3) is 0 Å². The van der Waals surface area contributed by atoms with Gasteiger partial charge in [-0.1, -0.05) is 0 Å². The minimum atomic E-state index is -0.922. The Morgan fingerprint density at radius 1 is 1.30 bits per heavy atom. The van der Waals surface area contributed by atoms with Crippen molar-refractivity contribution < 1.29 is 19.4 Å². The van der Waals surface area contributed by atoms with E-state index in [0.717, 1.165) is 25.1 Å². The normalized spacial score (nSPS) is 22.4. The van der Waals surface area contributed by atoms with Crippen LogP contribution in [0.25, 0.3) is 0 Å². The molecule has 1 saturated heterocycles. The van der Waals surface area contributed by atoms with Crippen LogP contribution in [0.15, 0.2) is 24.3 Å². The zero-order chi connectivity index (χ0) is 14.7. The smallest absolute Gasteiger partial charge is 0.335 e. The summed E-state index contributed by atoms with van der Waals surface area (Å²) >= 11 is 0. The standard InChI is InChI=1S/C15H19NO4/c1-10-9-12(15(19)20-2)7-8-16(10)13-5-3-11(4-6-13)14(17)18/h3-6,10,12H,7-9H2,1-2H3,(H,17,18)/t10-,12-/m1/s1. The van der Waals surface area contributed by atoms with E-state index in [-0.39, 0.29) is 23.5 Å². The van der Waals surface area contributed by atoms with Gasteiger partial charge < -0.3 is 14.7 Å². The lowest BCUT2D eigenvalue weighted by Gasteiger charge is -2.38. The van der Waals surface area contributed by atoms with Crippen LogP contribution in [0.1, 0.15) is 30.1 Å². The highest BCUT2D eigenvalue weighted by atomic mass is 16.5. The lowest BCUT2D eigenvalue weighted by atomic mass is 9.91. The molecule has 0 aromatic heterocycles. The molecule has 108 valence electrons. The predicted octanol–water partition coefficient (Wildman–Crippen LogP) is 2.16. The Hall–Kier alpha value is -2.04. The summed E-state index contributed by atoms with van der Waals surface area (Å²) in [5.41, 5.74) is 1.27. The van der Waals surface area contributed by atoms with Gasteiger partial charge in [-0.3, -0.25) is 4.79 Å². The number of anilines is 1. The largest absolute Gasteiger partial charge is 0.478 e. The molecule has 0 unspecified atom stereocenters. The molecule has 1 aromatic carbocycles. The maximum absolute atomic E-state index is 11.6. The van der Waals surface area contributed by atoms with Gasteiger partial charge in [0, 0.05) is 18.3 Å². The molecule has 1 N–H and O–H groups in total. The summed E-state index contributed by atoms with van der Waals surface area (Å²) in [4.78, 5) is 24.6. The number of carbonyl (C=O) groups excluding carboxylic acids is 1. The zero-order valence-electron chi connectivity index (χ0n) is 11.7. The van der Waals surface area contributed by atoms with E-state index in [9.17, 15) is 9.59 Å². The van der Waals surface area contributed by atoms with Crippen molar-refractivity contribution in [1.29, 1.82) is 0 Å². The fourth-order valence-electron chi connectivity index (χ4n) is 2.73. The molecule has 5 heteroatoms. The topological polar surface area (TPSA) is 66.8 Å². The van der Waals surface area contributed by atoms with Crippen molar-refractivity contribution in [3.63, 3.8) is 0 Å². The minimum absolute atomic E-state index is 0.0375. The monoisotopic (exact) mass is 277 g/mol. The number of carboxylic acids is 1. The third-order valence-electron chi connectivity index (χ3n) is 3.86. The van der Waals surface area contributed by atoms with Crippen LogP contribution in [0, 0.1) is 5.92 Å². The summed E-state index contributed by atoms with van der Waals surface area (Å²) in [7, 11) is 1.42. The lowest BCUT2D eigenvalue weighted by molar-refractivity contribution is -0.146. The molecule has 1 aliphatic rings. The molecule has 1 aliphatic heterocycles. The van der Waals surface area contributed by atoms with E-state index in [2.05, 4.69) is 11.8 Å². The third kappa shape index (κ3) is 2.92. The van der Waals surface area contributed by atoms with Crippen molar-refractivity contribution in [3.8, 4) is 0 Å². The van der Waals surface area contributed by atoms with Crippen LogP contribution in [-0.4, -0.2) is 36.7 Å². The van der Waals surface area contributed by atoms with Gasteiger partial charge >= 0.3 is 11.9 Å². The van der Waals surface area contributed by atoms with E-state index in [1.165, 1.54) is 7.11 Å². The van der Waals surface area contributed by atoms with Crippen LogP contribution in [0.4, 0.5) is 5.69 Å². The summed E-state index contributed by atoms with van der Waals surface area (Å²) in [6, 6.07) is 7.08. The molecule has 1 fully saturated rings. The number of nitrogens with zero attached hydrogens (tertiary/aromatic N) is 1. The van der Waals surface area contributed by atoms with Crippen LogP contribution >= 0.6 is 0 Å². The summed E-state index contributed by atoms with van der Waals surface area (Å²) < 4.78 is 4.80. The van der Waals surface area contributed by atoms with Crippen LogP contribution in [0.5, 0.6) is 0 Å². The van der Waals surface area contributed by atoms with Crippen LogP contribution in [0.3, 0.4) is 0 Å². The molecule has 5 nitrogen and oxygen atoms in total. The van der Waals surface area contributed by atoms with E-state index in [0.29, 0.717) is 0 Å². The van der Waals surface area contributed by atoms with Crippen LogP contribution in [0.2, 0.25) is 0 Å². The Balaban J connectivity index is 2.07. The first-order chi connectivity index (χ1) is 9.52. The number of hydrogen-bond acceptors (Lipinski definition) is 4. The van der Waals surface area contributed by atoms with E-state index in [4.69, 9.17) is 9.84 Å². The maximum Gasteiger partial charge on any atom is 0.335 e. The number of methoxy groups -OCH3 is 1. The molecule has 0 radical (unpaired) electrons. The predicted molar refractivity (Wildman–Crippen MR) is 74.9 cm³/mol. The molecular formula is C15H19NO4. The number of hydrogen-bond donors (Lipinski definition) is 1. The molecule has 1 aromatic rings.